The molecule has 0 aliphatic carbocycles. The van der Waals surface area contributed by atoms with Crippen molar-refractivity contribution in [2.24, 2.45) is 5.41 Å². The first-order chi connectivity index (χ1) is 8.61. The van der Waals surface area contributed by atoms with Gasteiger partial charge in [-0.1, -0.05) is 6.92 Å². The van der Waals surface area contributed by atoms with Crippen LogP contribution in [-0.4, -0.2) is 29.6 Å². The van der Waals surface area contributed by atoms with Gasteiger partial charge in [0.15, 0.2) is 0 Å². The predicted octanol–water partition coefficient (Wildman–Crippen LogP) is 1.46. The van der Waals surface area contributed by atoms with Crippen LogP contribution in [0.2, 0.25) is 0 Å². The van der Waals surface area contributed by atoms with Crippen LogP contribution in [0.25, 0.3) is 0 Å². The van der Waals surface area contributed by atoms with E-state index in [-0.39, 0.29) is 5.41 Å². The lowest BCUT2D eigenvalue weighted by Gasteiger charge is -2.34. The number of aryl methyl sites for hydroxylation is 1. The van der Waals surface area contributed by atoms with Crippen molar-refractivity contribution in [3.8, 4) is 6.07 Å². The average molecular weight is 245 g/mol. The Balaban J connectivity index is 2.01. The monoisotopic (exact) mass is 245 g/mol. The summed E-state index contributed by atoms with van der Waals surface area (Å²) in [5.74, 6) is 0.554. The topological polar surface area (TPSA) is 73.6 Å². The number of hydrogen-bond donors (Lipinski definition) is 2. The second-order valence-corrected chi connectivity index (χ2v) is 5.27. The van der Waals surface area contributed by atoms with Crippen molar-refractivity contribution in [2.45, 2.75) is 26.7 Å². The number of anilines is 1. The van der Waals surface area contributed by atoms with Crippen molar-refractivity contribution in [2.75, 3.05) is 25.0 Å². The number of nitrogens with zero attached hydrogens (tertiary/aromatic N) is 3. The van der Waals surface area contributed by atoms with Crippen molar-refractivity contribution in [3.05, 3.63) is 17.5 Å². The van der Waals surface area contributed by atoms with Gasteiger partial charge < -0.3 is 10.6 Å². The number of aromatic nitrogens is 2. The standard InChI is InChI=1S/C13H19N5/c1-10-6-11(7-14)18-12(17-10)16-9-13(2)4-3-5-15-8-13/h6,15H,3-5,8-9H2,1-2H3,(H,16,17,18). The average Bonchev–Trinajstić information content (AvgIpc) is 2.37. The maximum Gasteiger partial charge on any atom is 0.224 e. The molecule has 1 aliphatic rings. The van der Waals surface area contributed by atoms with Crippen LogP contribution < -0.4 is 10.6 Å². The highest BCUT2D eigenvalue weighted by molar-refractivity contribution is 5.33. The molecule has 1 atom stereocenters. The summed E-state index contributed by atoms with van der Waals surface area (Å²) in [6.07, 6.45) is 2.40. The second kappa shape index (κ2) is 5.32. The third kappa shape index (κ3) is 3.17. The van der Waals surface area contributed by atoms with Crippen LogP contribution in [0.5, 0.6) is 0 Å². The molecule has 0 spiro atoms. The summed E-state index contributed by atoms with van der Waals surface area (Å²) in [4.78, 5) is 8.47. The zero-order valence-corrected chi connectivity index (χ0v) is 11.0. The minimum absolute atomic E-state index is 0.234. The highest BCUT2D eigenvalue weighted by Gasteiger charge is 2.26. The maximum absolute atomic E-state index is 8.88. The minimum Gasteiger partial charge on any atom is -0.354 e. The Morgan fingerprint density at radius 2 is 2.39 bits per heavy atom. The van der Waals surface area contributed by atoms with Crippen LogP contribution in [0.3, 0.4) is 0 Å². The quantitative estimate of drug-likeness (QED) is 0.843. The van der Waals surface area contributed by atoms with E-state index in [1.54, 1.807) is 6.07 Å². The lowest BCUT2D eigenvalue weighted by atomic mass is 9.83. The van der Waals surface area contributed by atoms with E-state index in [1.165, 1.54) is 12.8 Å². The van der Waals surface area contributed by atoms with Crippen molar-refractivity contribution >= 4 is 5.95 Å². The molecule has 0 radical (unpaired) electrons. The van der Waals surface area contributed by atoms with Crippen molar-refractivity contribution in [1.29, 1.82) is 5.26 Å². The van der Waals surface area contributed by atoms with Gasteiger partial charge in [-0.2, -0.15) is 5.26 Å². The first-order valence-corrected chi connectivity index (χ1v) is 6.32. The van der Waals surface area contributed by atoms with E-state index in [1.807, 2.05) is 6.92 Å². The smallest absolute Gasteiger partial charge is 0.224 e. The van der Waals surface area contributed by atoms with Gasteiger partial charge in [-0.3, -0.25) is 0 Å². The van der Waals surface area contributed by atoms with Gasteiger partial charge >= 0.3 is 0 Å². The van der Waals surface area contributed by atoms with Crippen LogP contribution in [0.15, 0.2) is 6.07 Å². The Morgan fingerprint density at radius 3 is 3.06 bits per heavy atom. The van der Waals surface area contributed by atoms with Gasteiger partial charge in [-0.15, -0.1) is 0 Å². The summed E-state index contributed by atoms with van der Waals surface area (Å²) in [6, 6.07) is 3.74. The number of hydrogen-bond acceptors (Lipinski definition) is 5. The Labute approximate surface area is 108 Å². The third-order valence-corrected chi connectivity index (χ3v) is 3.33. The molecular weight excluding hydrogens is 226 g/mol. The Morgan fingerprint density at radius 1 is 1.56 bits per heavy atom. The molecule has 2 N–H and O–H groups in total. The minimum atomic E-state index is 0.234. The van der Waals surface area contributed by atoms with E-state index in [0.29, 0.717) is 11.6 Å². The van der Waals surface area contributed by atoms with Crippen LogP contribution in [0.1, 0.15) is 31.2 Å². The van der Waals surface area contributed by atoms with Crippen LogP contribution in [0.4, 0.5) is 5.95 Å². The van der Waals surface area contributed by atoms with Crippen molar-refractivity contribution in [3.63, 3.8) is 0 Å². The van der Waals surface area contributed by atoms with Crippen LogP contribution in [-0.2, 0) is 0 Å². The fourth-order valence-corrected chi connectivity index (χ4v) is 2.27. The molecule has 2 heterocycles. The number of piperidine rings is 1. The summed E-state index contributed by atoms with van der Waals surface area (Å²) in [6.45, 7) is 7.07. The number of nitriles is 1. The molecule has 5 heteroatoms. The summed E-state index contributed by atoms with van der Waals surface area (Å²) >= 11 is 0. The zero-order valence-electron chi connectivity index (χ0n) is 11.0. The fraction of sp³-hybridized carbons (Fsp3) is 0.615. The molecule has 0 aromatic carbocycles. The van der Waals surface area contributed by atoms with Gasteiger partial charge in [0, 0.05) is 18.8 Å². The molecule has 0 bridgehead atoms. The molecule has 0 amide bonds. The van der Waals surface area contributed by atoms with Gasteiger partial charge in [0.1, 0.15) is 11.8 Å². The van der Waals surface area contributed by atoms with E-state index in [0.717, 1.165) is 25.3 Å². The SMILES string of the molecule is Cc1cc(C#N)nc(NCC2(C)CCCNC2)n1. The highest BCUT2D eigenvalue weighted by Crippen LogP contribution is 2.25. The van der Waals surface area contributed by atoms with Crippen molar-refractivity contribution in [1.82, 2.24) is 15.3 Å². The van der Waals surface area contributed by atoms with Gasteiger partial charge in [0.25, 0.3) is 0 Å². The van der Waals surface area contributed by atoms with E-state index in [9.17, 15) is 0 Å². The summed E-state index contributed by atoms with van der Waals surface area (Å²) in [5.41, 5.74) is 1.46. The lowest BCUT2D eigenvalue weighted by Crippen LogP contribution is -2.42. The molecule has 96 valence electrons. The molecule has 1 aromatic heterocycles. The van der Waals surface area contributed by atoms with Gasteiger partial charge in [0.05, 0.1) is 0 Å². The van der Waals surface area contributed by atoms with Crippen LogP contribution in [0, 0.1) is 23.7 Å². The molecule has 2 rings (SSSR count). The third-order valence-electron chi connectivity index (χ3n) is 3.33. The van der Waals surface area contributed by atoms with Crippen LogP contribution >= 0.6 is 0 Å². The van der Waals surface area contributed by atoms with Gasteiger partial charge in [-0.05, 0) is 37.8 Å². The second-order valence-electron chi connectivity index (χ2n) is 5.27. The summed E-state index contributed by atoms with van der Waals surface area (Å²) in [5, 5.41) is 15.5. The molecule has 1 unspecified atom stereocenters. The Bertz CT molecular complexity index is 457. The highest BCUT2D eigenvalue weighted by atomic mass is 15.1. The number of rotatable bonds is 3. The Hall–Kier alpha value is -1.67. The predicted molar refractivity (Wildman–Crippen MR) is 70.2 cm³/mol. The molecular formula is C13H19N5. The van der Waals surface area contributed by atoms with Crippen molar-refractivity contribution < 1.29 is 0 Å². The van der Waals surface area contributed by atoms with Gasteiger partial charge in [0.2, 0.25) is 5.95 Å². The van der Waals surface area contributed by atoms with E-state index in [2.05, 4.69) is 33.6 Å². The van der Waals surface area contributed by atoms with E-state index >= 15 is 0 Å². The molecule has 1 aromatic rings. The molecule has 1 fully saturated rings. The fourth-order valence-electron chi connectivity index (χ4n) is 2.27. The Kier molecular flexibility index (Phi) is 3.78. The van der Waals surface area contributed by atoms with E-state index in [4.69, 9.17) is 5.26 Å². The normalized spacial score (nSPS) is 23.4. The lowest BCUT2D eigenvalue weighted by molar-refractivity contribution is 0.253. The number of nitrogens with one attached hydrogen (secondary N) is 2. The largest absolute Gasteiger partial charge is 0.354 e. The molecule has 1 saturated heterocycles. The summed E-state index contributed by atoms with van der Waals surface area (Å²) in [7, 11) is 0. The maximum atomic E-state index is 8.88. The first kappa shape index (κ1) is 12.8. The molecule has 18 heavy (non-hydrogen) atoms. The first-order valence-electron chi connectivity index (χ1n) is 6.32. The molecule has 0 saturated carbocycles. The van der Waals surface area contributed by atoms with E-state index < -0.39 is 0 Å². The molecule has 1 aliphatic heterocycles. The summed E-state index contributed by atoms with van der Waals surface area (Å²) < 4.78 is 0. The van der Waals surface area contributed by atoms with Gasteiger partial charge in [-0.25, -0.2) is 9.97 Å². The molecule has 5 nitrogen and oxygen atoms in total. The zero-order chi connectivity index (χ0) is 13.0.